The molecule has 106 valence electrons. The van der Waals surface area contributed by atoms with Gasteiger partial charge in [0.25, 0.3) is 0 Å². The lowest BCUT2D eigenvalue weighted by molar-refractivity contribution is -0.121. The van der Waals surface area contributed by atoms with Crippen LogP contribution < -0.4 is 15.8 Å². The van der Waals surface area contributed by atoms with Gasteiger partial charge in [-0.05, 0) is 12.1 Å². The van der Waals surface area contributed by atoms with E-state index in [-0.39, 0.29) is 18.9 Å². The number of hydrogen-bond donors (Lipinski definition) is 2. The van der Waals surface area contributed by atoms with Gasteiger partial charge in [0.05, 0.1) is 18.7 Å². The fraction of sp³-hybridized carbons (Fsp3) is 0.308. The number of hydrogen-bond acceptors (Lipinski definition) is 6. The molecule has 0 aliphatic heterocycles. The van der Waals surface area contributed by atoms with Gasteiger partial charge in [-0.1, -0.05) is 17.3 Å². The zero-order valence-electron chi connectivity index (χ0n) is 10.9. The van der Waals surface area contributed by atoms with Crippen LogP contribution in [0.2, 0.25) is 0 Å². The first-order chi connectivity index (χ1) is 9.75. The molecule has 0 aliphatic rings. The van der Waals surface area contributed by atoms with Gasteiger partial charge in [-0.15, -0.1) is 0 Å². The van der Waals surface area contributed by atoms with E-state index in [2.05, 4.69) is 15.5 Å². The molecule has 1 heterocycles. The Balaban J connectivity index is 1.62. The molecule has 7 heteroatoms. The minimum atomic E-state index is -0.0981. The maximum absolute atomic E-state index is 11.6. The first-order valence-electron chi connectivity index (χ1n) is 6.25. The van der Waals surface area contributed by atoms with Crippen LogP contribution in [-0.2, 0) is 11.2 Å². The number of anilines is 1. The summed E-state index contributed by atoms with van der Waals surface area (Å²) in [5.41, 5.74) is 6.28. The number of nitrogens with one attached hydrogen (secondary N) is 1. The minimum absolute atomic E-state index is 0.0981. The summed E-state index contributed by atoms with van der Waals surface area (Å²) in [5, 5.41) is 6.22. The Kier molecular flexibility index (Phi) is 4.94. The number of nitrogens with two attached hydrogens (primary N) is 1. The maximum Gasteiger partial charge on any atom is 0.228 e. The molecule has 0 spiro atoms. The van der Waals surface area contributed by atoms with Crippen molar-refractivity contribution >= 4 is 11.6 Å². The van der Waals surface area contributed by atoms with Crippen molar-refractivity contribution in [3.63, 3.8) is 0 Å². The lowest BCUT2D eigenvalue weighted by Crippen LogP contribution is -2.27. The van der Waals surface area contributed by atoms with E-state index < -0.39 is 0 Å². The van der Waals surface area contributed by atoms with Gasteiger partial charge in [-0.25, -0.2) is 0 Å². The van der Waals surface area contributed by atoms with Gasteiger partial charge in [0.15, 0.2) is 6.33 Å². The minimum Gasteiger partial charge on any atom is -0.491 e. The number of nitrogen functional groups attached to an aromatic ring is 1. The molecule has 1 amide bonds. The van der Waals surface area contributed by atoms with Gasteiger partial charge in [-0.3, -0.25) is 4.79 Å². The third-order valence-corrected chi connectivity index (χ3v) is 2.57. The highest BCUT2D eigenvalue weighted by Crippen LogP contribution is 2.19. The standard InChI is InChI=1S/C13H16N4O3/c14-10-3-1-2-4-11(10)19-8-6-12(18)15-7-5-13-16-9-17-20-13/h1-4,9H,5-8,14H2,(H,15,18). The van der Waals surface area contributed by atoms with Crippen molar-refractivity contribution in [1.82, 2.24) is 15.5 Å². The average Bonchev–Trinajstić information content (AvgIpc) is 2.94. The molecule has 2 rings (SSSR count). The molecule has 1 aromatic heterocycles. The van der Waals surface area contributed by atoms with E-state index in [1.165, 1.54) is 6.33 Å². The molecule has 0 aliphatic carbocycles. The second kappa shape index (κ2) is 7.13. The summed E-state index contributed by atoms with van der Waals surface area (Å²) in [6, 6.07) is 7.17. The fourth-order valence-electron chi connectivity index (χ4n) is 1.57. The van der Waals surface area contributed by atoms with E-state index in [0.29, 0.717) is 30.3 Å². The Labute approximate surface area is 116 Å². The number of carbonyl (C=O) groups is 1. The fourth-order valence-corrected chi connectivity index (χ4v) is 1.57. The number of para-hydroxylation sites is 2. The number of aromatic nitrogens is 2. The van der Waals surface area contributed by atoms with Gasteiger partial charge in [-0.2, -0.15) is 4.98 Å². The summed E-state index contributed by atoms with van der Waals surface area (Å²) in [7, 11) is 0. The predicted octanol–water partition coefficient (Wildman–Crippen LogP) is 0.780. The molecule has 0 bridgehead atoms. The van der Waals surface area contributed by atoms with Crippen LogP contribution in [0, 0.1) is 0 Å². The van der Waals surface area contributed by atoms with Gasteiger partial charge in [0.1, 0.15) is 5.75 Å². The van der Waals surface area contributed by atoms with Gasteiger partial charge in [0, 0.05) is 13.0 Å². The van der Waals surface area contributed by atoms with Crippen LogP contribution in [-0.4, -0.2) is 29.2 Å². The van der Waals surface area contributed by atoms with E-state index in [4.69, 9.17) is 15.0 Å². The van der Waals surface area contributed by atoms with E-state index in [1.54, 1.807) is 12.1 Å². The lowest BCUT2D eigenvalue weighted by Gasteiger charge is -2.08. The first-order valence-corrected chi connectivity index (χ1v) is 6.25. The highest BCUT2D eigenvalue weighted by molar-refractivity contribution is 5.76. The largest absolute Gasteiger partial charge is 0.491 e. The van der Waals surface area contributed by atoms with Crippen molar-refractivity contribution < 1.29 is 14.1 Å². The molecule has 0 atom stereocenters. The van der Waals surface area contributed by atoms with Crippen LogP contribution >= 0.6 is 0 Å². The van der Waals surface area contributed by atoms with Crippen molar-refractivity contribution in [2.45, 2.75) is 12.8 Å². The molecule has 0 fully saturated rings. The Bertz CT molecular complexity index is 542. The molecular weight excluding hydrogens is 260 g/mol. The van der Waals surface area contributed by atoms with E-state index in [9.17, 15) is 4.79 Å². The molecule has 7 nitrogen and oxygen atoms in total. The Morgan fingerprint density at radius 3 is 3.00 bits per heavy atom. The van der Waals surface area contributed by atoms with Crippen molar-refractivity contribution in [2.75, 3.05) is 18.9 Å². The van der Waals surface area contributed by atoms with Crippen molar-refractivity contribution in [1.29, 1.82) is 0 Å². The Hall–Kier alpha value is -2.57. The molecule has 0 saturated heterocycles. The van der Waals surface area contributed by atoms with Crippen LogP contribution in [0.3, 0.4) is 0 Å². The zero-order chi connectivity index (χ0) is 14.2. The summed E-state index contributed by atoms with van der Waals surface area (Å²) in [6.07, 6.45) is 2.10. The Morgan fingerprint density at radius 2 is 2.25 bits per heavy atom. The van der Waals surface area contributed by atoms with Crippen molar-refractivity contribution in [3.05, 3.63) is 36.5 Å². The molecule has 1 aromatic carbocycles. The number of benzene rings is 1. The number of nitrogens with zero attached hydrogens (tertiary/aromatic N) is 2. The van der Waals surface area contributed by atoms with Crippen molar-refractivity contribution in [3.8, 4) is 5.75 Å². The van der Waals surface area contributed by atoms with Crippen LogP contribution in [0.1, 0.15) is 12.3 Å². The van der Waals surface area contributed by atoms with Crippen LogP contribution in [0.5, 0.6) is 5.75 Å². The second-order valence-corrected chi connectivity index (χ2v) is 4.07. The normalized spacial score (nSPS) is 10.2. The van der Waals surface area contributed by atoms with Gasteiger partial charge >= 0.3 is 0 Å². The summed E-state index contributed by atoms with van der Waals surface area (Å²) in [5.74, 6) is 0.990. The summed E-state index contributed by atoms with van der Waals surface area (Å²) >= 11 is 0. The van der Waals surface area contributed by atoms with E-state index >= 15 is 0 Å². The maximum atomic E-state index is 11.6. The molecule has 20 heavy (non-hydrogen) atoms. The zero-order valence-corrected chi connectivity index (χ0v) is 10.9. The van der Waals surface area contributed by atoms with E-state index in [0.717, 1.165) is 0 Å². The van der Waals surface area contributed by atoms with Crippen molar-refractivity contribution in [2.24, 2.45) is 0 Å². The van der Waals surface area contributed by atoms with Crippen LogP contribution in [0.25, 0.3) is 0 Å². The first kappa shape index (κ1) is 13.9. The number of ether oxygens (including phenoxy) is 1. The number of amides is 1. The molecule has 0 saturated carbocycles. The molecule has 2 aromatic rings. The van der Waals surface area contributed by atoms with E-state index in [1.807, 2.05) is 12.1 Å². The molecular formula is C13H16N4O3. The SMILES string of the molecule is Nc1ccccc1OCCC(=O)NCCc1ncno1. The van der Waals surface area contributed by atoms with Crippen LogP contribution in [0.15, 0.2) is 35.1 Å². The van der Waals surface area contributed by atoms with Gasteiger partial charge < -0.3 is 20.3 Å². The Morgan fingerprint density at radius 1 is 1.40 bits per heavy atom. The summed E-state index contributed by atoms with van der Waals surface area (Å²) in [4.78, 5) is 15.4. The second-order valence-electron chi connectivity index (χ2n) is 4.07. The topological polar surface area (TPSA) is 103 Å². The number of carbonyl (C=O) groups excluding carboxylic acids is 1. The quantitative estimate of drug-likeness (QED) is 0.724. The monoisotopic (exact) mass is 276 g/mol. The lowest BCUT2D eigenvalue weighted by atomic mass is 10.3. The average molecular weight is 276 g/mol. The summed E-state index contributed by atoms with van der Waals surface area (Å²) in [6.45, 7) is 0.731. The molecule has 0 unspecified atom stereocenters. The smallest absolute Gasteiger partial charge is 0.228 e. The third kappa shape index (κ3) is 4.27. The highest BCUT2D eigenvalue weighted by Gasteiger charge is 2.04. The molecule has 3 N–H and O–H groups in total. The predicted molar refractivity (Wildman–Crippen MR) is 72.0 cm³/mol. The third-order valence-electron chi connectivity index (χ3n) is 2.57. The number of rotatable bonds is 7. The van der Waals surface area contributed by atoms with Crippen LogP contribution in [0.4, 0.5) is 5.69 Å². The highest BCUT2D eigenvalue weighted by atomic mass is 16.5. The van der Waals surface area contributed by atoms with Gasteiger partial charge in [0.2, 0.25) is 11.8 Å². The molecule has 0 radical (unpaired) electrons. The summed E-state index contributed by atoms with van der Waals surface area (Å²) < 4.78 is 10.2.